The first-order valence-electron chi connectivity index (χ1n) is 2.41. The number of hydrogen-bond acceptors (Lipinski definition) is 2. The second-order valence-corrected chi connectivity index (χ2v) is 1.53. The maximum Gasteiger partial charge on any atom is 0.0324 e. The topological polar surface area (TPSA) is 60.8 Å². The Morgan fingerprint density at radius 1 is 1.88 bits per heavy atom. The fraction of sp³-hybridized carbons (Fsp3) is 0.500. The summed E-state index contributed by atoms with van der Waals surface area (Å²) in [5.74, 6) is 0. The van der Waals surface area contributed by atoms with Crippen molar-refractivity contribution in [2.45, 2.75) is 6.42 Å². The Balaban J connectivity index is 2.57. The maximum absolute atomic E-state index is 7.92. The molecule has 0 spiro atoms. The highest BCUT2D eigenvalue weighted by molar-refractivity contribution is 5.04. The zero-order valence-electron chi connectivity index (χ0n) is 4.33. The third-order valence-electron chi connectivity index (χ3n) is 0.967. The van der Waals surface area contributed by atoms with Crippen molar-refractivity contribution in [3.05, 3.63) is 22.3 Å². The molecule has 0 saturated carbocycles. The Kier molecular flexibility index (Phi) is 1.39. The molecule has 1 aliphatic heterocycles. The molecular formula is C4H6N4. The fourth-order valence-electron chi connectivity index (χ4n) is 0.599. The van der Waals surface area contributed by atoms with Gasteiger partial charge in [0.1, 0.15) is 0 Å². The predicted octanol–water partition coefficient (Wildman–Crippen LogP) is 1.13. The summed E-state index contributed by atoms with van der Waals surface area (Å²) in [5, 5.41) is 6.33. The summed E-state index contributed by atoms with van der Waals surface area (Å²) in [7, 11) is 0. The van der Waals surface area contributed by atoms with Crippen molar-refractivity contribution >= 4 is 0 Å². The molecule has 0 radical (unpaired) electrons. The first-order valence-corrected chi connectivity index (χ1v) is 2.41. The third kappa shape index (κ3) is 0.918. The lowest BCUT2D eigenvalue weighted by Crippen LogP contribution is -1.96. The van der Waals surface area contributed by atoms with Gasteiger partial charge in [0.25, 0.3) is 0 Å². The van der Waals surface area contributed by atoms with Crippen molar-refractivity contribution in [3.63, 3.8) is 0 Å². The molecule has 0 atom stereocenters. The summed E-state index contributed by atoms with van der Waals surface area (Å²) in [6.07, 6.45) is 2.59. The van der Waals surface area contributed by atoms with Crippen LogP contribution in [0.1, 0.15) is 6.42 Å². The van der Waals surface area contributed by atoms with Gasteiger partial charge in [-0.2, -0.15) is 0 Å². The summed E-state index contributed by atoms with van der Waals surface area (Å²) in [5.41, 5.74) is 8.72. The van der Waals surface area contributed by atoms with Gasteiger partial charge in [-0.15, -0.1) is 0 Å². The van der Waals surface area contributed by atoms with Crippen LogP contribution >= 0.6 is 0 Å². The smallest absolute Gasteiger partial charge is 0.0324 e. The van der Waals surface area contributed by atoms with Crippen LogP contribution in [0.5, 0.6) is 0 Å². The SMILES string of the molecule is [N-]=[N+]=NC1=CNCC1. The number of azide groups is 1. The number of hydrogen-bond donors (Lipinski definition) is 1. The fourth-order valence-corrected chi connectivity index (χ4v) is 0.599. The van der Waals surface area contributed by atoms with Crippen LogP contribution in [0, 0.1) is 0 Å². The van der Waals surface area contributed by atoms with Gasteiger partial charge in [0, 0.05) is 23.4 Å². The number of rotatable bonds is 1. The average molecular weight is 110 g/mol. The van der Waals surface area contributed by atoms with E-state index in [0.29, 0.717) is 0 Å². The van der Waals surface area contributed by atoms with E-state index in [2.05, 4.69) is 15.3 Å². The molecule has 0 saturated heterocycles. The minimum atomic E-state index is 0.799. The first-order chi connectivity index (χ1) is 3.93. The minimum Gasteiger partial charge on any atom is -0.390 e. The van der Waals surface area contributed by atoms with E-state index < -0.39 is 0 Å². The molecule has 4 nitrogen and oxygen atoms in total. The van der Waals surface area contributed by atoms with Gasteiger partial charge in [-0.25, -0.2) is 0 Å². The Hall–Kier alpha value is -1.15. The molecule has 0 aromatic rings. The zero-order chi connectivity index (χ0) is 5.82. The highest BCUT2D eigenvalue weighted by Crippen LogP contribution is 2.05. The van der Waals surface area contributed by atoms with Crippen molar-refractivity contribution < 1.29 is 0 Å². The van der Waals surface area contributed by atoms with Gasteiger partial charge in [0.15, 0.2) is 0 Å². The maximum atomic E-state index is 7.92. The molecule has 1 aliphatic rings. The molecular weight excluding hydrogens is 104 g/mol. The van der Waals surface area contributed by atoms with E-state index in [-0.39, 0.29) is 0 Å². The van der Waals surface area contributed by atoms with E-state index in [0.717, 1.165) is 18.7 Å². The van der Waals surface area contributed by atoms with Gasteiger partial charge in [-0.3, -0.25) is 0 Å². The van der Waals surface area contributed by atoms with Gasteiger partial charge in [-0.05, 0) is 12.0 Å². The second-order valence-electron chi connectivity index (χ2n) is 1.53. The van der Waals surface area contributed by atoms with Crippen LogP contribution in [0.3, 0.4) is 0 Å². The van der Waals surface area contributed by atoms with E-state index in [1.165, 1.54) is 0 Å². The Morgan fingerprint density at radius 3 is 3.25 bits per heavy atom. The summed E-state index contributed by atoms with van der Waals surface area (Å²) < 4.78 is 0. The summed E-state index contributed by atoms with van der Waals surface area (Å²) >= 11 is 0. The molecule has 4 heteroatoms. The lowest BCUT2D eigenvalue weighted by molar-refractivity contribution is 0.900. The van der Waals surface area contributed by atoms with Crippen LogP contribution in [-0.4, -0.2) is 6.54 Å². The lowest BCUT2D eigenvalue weighted by atomic mass is 10.4. The minimum absolute atomic E-state index is 0.799. The van der Waals surface area contributed by atoms with Crippen LogP contribution in [0.25, 0.3) is 10.4 Å². The summed E-state index contributed by atoms with van der Waals surface area (Å²) in [6, 6.07) is 0. The van der Waals surface area contributed by atoms with Crippen molar-refractivity contribution in [2.24, 2.45) is 5.11 Å². The molecule has 1 rings (SSSR count). The van der Waals surface area contributed by atoms with Gasteiger partial charge in [0.05, 0.1) is 0 Å². The number of nitrogens with zero attached hydrogens (tertiary/aromatic N) is 3. The van der Waals surface area contributed by atoms with Crippen molar-refractivity contribution in [1.82, 2.24) is 5.32 Å². The van der Waals surface area contributed by atoms with E-state index in [9.17, 15) is 0 Å². The van der Waals surface area contributed by atoms with Gasteiger partial charge in [-0.1, -0.05) is 5.11 Å². The molecule has 8 heavy (non-hydrogen) atoms. The Labute approximate surface area is 46.8 Å². The molecule has 0 aromatic heterocycles. The Bertz CT molecular complexity index is 153. The van der Waals surface area contributed by atoms with E-state index in [1.807, 2.05) is 0 Å². The third-order valence-corrected chi connectivity index (χ3v) is 0.967. The largest absolute Gasteiger partial charge is 0.390 e. The summed E-state index contributed by atoms with van der Waals surface area (Å²) in [4.78, 5) is 2.63. The molecule has 0 amide bonds. The van der Waals surface area contributed by atoms with Crippen LogP contribution in [0.2, 0.25) is 0 Å². The van der Waals surface area contributed by atoms with Gasteiger partial charge < -0.3 is 5.32 Å². The second kappa shape index (κ2) is 2.23. The molecule has 0 unspecified atom stereocenters. The first kappa shape index (κ1) is 5.00. The van der Waals surface area contributed by atoms with Gasteiger partial charge >= 0.3 is 0 Å². The molecule has 0 aromatic carbocycles. The van der Waals surface area contributed by atoms with Crippen LogP contribution in [0.4, 0.5) is 0 Å². The monoisotopic (exact) mass is 110 g/mol. The Morgan fingerprint density at radius 2 is 2.75 bits per heavy atom. The van der Waals surface area contributed by atoms with Crippen LogP contribution in [0.15, 0.2) is 17.0 Å². The summed E-state index contributed by atoms with van der Waals surface area (Å²) in [6.45, 7) is 0.897. The molecule has 1 heterocycles. The van der Waals surface area contributed by atoms with Crippen LogP contribution in [-0.2, 0) is 0 Å². The van der Waals surface area contributed by atoms with E-state index >= 15 is 0 Å². The van der Waals surface area contributed by atoms with E-state index in [1.54, 1.807) is 6.20 Å². The highest BCUT2D eigenvalue weighted by Gasteiger charge is 1.98. The van der Waals surface area contributed by atoms with Gasteiger partial charge in [0.2, 0.25) is 0 Å². The van der Waals surface area contributed by atoms with Crippen molar-refractivity contribution in [3.8, 4) is 0 Å². The highest BCUT2D eigenvalue weighted by atomic mass is 15.1. The normalized spacial score (nSPS) is 16.2. The van der Waals surface area contributed by atoms with E-state index in [4.69, 9.17) is 5.53 Å². The predicted molar refractivity (Wildman–Crippen MR) is 29.8 cm³/mol. The van der Waals surface area contributed by atoms with Crippen LogP contribution < -0.4 is 5.32 Å². The lowest BCUT2D eigenvalue weighted by Gasteiger charge is -1.80. The number of nitrogens with one attached hydrogen (secondary N) is 1. The molecule has 0 fully saturated rings. The quantitative estimate of drug-likeness (QED) is 0.307. The average Bonchev–Trinajstić information content (AvgIpc) is 2.19. The van der Waals surface area contributed by atoms with Crippen molar-refractivity contribution in [2.75, 3.05) is 6.54 Å². The van der Waals surface area contributed by atoms with Crippen molar-refractivity contribution in [1.29, 1.82) is 0 Å². The standard InChI is InChI=1S/C4H6N4/c5-8-7-4-1-2-6-3-4/h3,6H,1-2H2. The molecule has 0 bridgehead atoms. The molecule has 0 aliphatic carbocycles. The molecule has 1 N–H and O–H groups in total. The zero-order valence-corrected chi connectivity index (χ0v) is 4.33. The molecule has 42 valence electrons.